The maximum Gasteiger partial charge on any atom is 0.344 e. The van der Waals surface area contributed by atoms with Crippen LogP contribution in [0.5, 0.6) is 5.75 Å². The van der Waals surface area contributed by atoms with Crippen LogP contribution in [0, 0.1) is 6.92 Å². The molecule has 0 unspecified atom stereocenters. The van der Waals surface area contributed by atoms with E-state index in [2.05, 4.69) is 0 Å². The first-order valence-corrected chi connectivity index (χ1v) is 5.02. The third kappa shape index (κ3) is 3.08. The van der Waals surface area contributed by atoms with Gasteiger partial charge in [0, 0.05) is 0 Å². The third-order valence-electron chi connectivity index (χ3n) is 2.01. The fourth-order valence-electron chi connectivity index (χ4n) is 1.30. The van der Waals surface area contributed by atoms with Crippen molar-refractivity contribution in [3.05, 3.63) is 29.3 Å². The van der Waals surface area contributed by atoms with Crippen molar-refractivity contribution >= 4 is 12.3 Å². The Morgan fingerprint density at radius 1 is 1.44 bits per heavy atom. The van der Waals surface area contributed by atoms with Crippen molar-refractivity contribution in [2.75, 3.05) is 13.2 Å². The first kappa shape index (κ1) is 12.2. The molecule has 16 heavy (non-hydrogen) atoms. The van der Waals surface area contributed by atoms with E-state index in [-0.39, 0.29) is 6.61 Å². The highest BCUT2D eigenvalue weighted by molar-refractivity contribution is 5.80. The molecule has 86 valence electrons. The van der Waals surface area contributed by atoms with Crippen LogP contribution >= 0.6 is 0 Å². The lowest BCUT2D eigenvalue weighted by atomic mass is 10.1. The van der Waals surface area contributed by atoms with Gasteiger partial charge < -0.3 is 9.47 Å². The van der Waals surface area contributed by atoms with Gasteiger partial charge in [-0.1, -0.05) is 12.1 Å². The molecule has 0 heterocycles. The van der Waals surface area contributed by atoms with Gasteiger partial charge in [-0.15, -0.1) is 0 Å². The van der Waals surface area contributed by atoms with Crippen molar-refractivity contribution in [1.82, 2.24) is 0 Å². The smallest absolute Gasteiger partial charge is 0.344 e. The largest absolute Gasteiger partial charge is 0.481 e. The quantitative estimate of drug-likeness (QED) is 0.562. The van der Waals surface area contributed by atoms with Crippen LogP contribution in [0.2, 0.25) is 0 Å². The van der Waals surface area contributed by atoms with Gasteiger partial charge >= 0.3 is 5.97 Å². The topological polar surface area (TPSA) is 52.6 Å². The Morgan fingerprint density at radius 2 is 2.19 bits per heavy atom. The van der Waals surface area contributed by atoms with Crippen molar-refractivity contribution in [2.45, 2.75) is 13.8 Å². The molecule has 4 nitrogen and oxygen atoms in total. The van der Waals surface area contributed by atoms with E-state index in [1.165, 1.54) is 0 Å². The molecular weight excluding hydrogens is 208 g/mol. The molecule has 0 aromatic heterocycles. The Hall–Kier alpha value is -1.84. The summed E-state index contributed by atoms with van der Waals surface area (Å²) in [6, 6.07) is 5.21. The summed E-state index contributed by atoms with van der Waals surface area (Å²) in [5, 5.41) is 0. The van der Waals surface area contributed by atoms with Crippen LogP contribution in [0.25, 0.3) is 0 Å². The van der Waals surface area contributed by atoms with Gasteiger partial charge in [0.15, 0.2) is 12.9 Å². The average Bonchev–Trinajstić information content (AvgIpc) is 2.27. The van der Waals surface area contributed by atoms with Crippen molar-refractivity contribution in [3.8, 4) is 5.75 Å². The summed E-state index contributed by atoms with van der Waals surface area (Å²) in [6.07, 6.45) is 0.702. The number of hydrogen-bond acceptors (Lipinski definition) is 4. The number of esters is 1. The first-order valence-electron chi connectivity index (χ1n) is 5.02. The summed E-state index contributed by atoms with van der Waals surface area (Å²) < 4.78 is 9.99. The molecule has 0 amide bonds. The van der Waals surface area contributed by atoms with Crippen LogP contribution in [0.1, 0.15) is 22.8 Å². The van der Waals surface area contributed by atoms with Gasteiger partial charge in [0.05, 0.1) is 12.2 Å². The van der Waals surface area contributed by atoms with Gasteiger partial charge in [-0.2, -0.15) is 0 Å². The zero-order valence-electron chi connectivity index (χ0n) is 9.36. The minimum absolute atomic E-state index is 0.181. The summed E-state index contributed by atoms with van der Waals surface area (Å²) in [7, 11) is 0. The molecule has 0 saturated carbocycles. The monoisotopic (exact) mass is 222 g/mol. The number of carbonyl (C=O) groups excluding carboxylic acids is 2. The molecule has 0 fully saturated rings. The number of ether oxygens (including phenoxy) is 2. The van der Waals surface area contributed by atoms with Crippen LogP contribution < -0.4 is 4.74 Å². The number of hydrogen-bond donors (Lipinski definition) is 0. The second-order valence-corrected chi connectivity index (χ2v) is 3.20. The number of rotatable bonds is 5. The Balaban J connectivity index is 2.72. The number of aldehydes is 1. The summed E-state index contributed by atoms with van der Waals surface area (Å²) in [6.45, 7) is 3.67. The molecule has 0 saturated heterocycles. The van der Waals surface area contributed by atoms with E-state index in [0.717, 1.165) is 5.56 Å². The summed E-state index contributed by atoms with van der Waals surface area (Å²) in [5.41, 5.74) is 1.25. The minimum Gasteiger partial charge on any atom is -0.481 e. The van der Waals surface area contributed by atoms with Gasteiger partial charge in [0.1, 0.15) is 5.75 Å². The highest BCUT2D eigenvalue weighted by Crippen LogP contribution is 2.21. The summed E-state index contributed by atoms with van der Waals surface area (Å²) in [5.74, 6) is -0.00634. The van der Waals surface area contributed by atoms with E-state index in [4.69, 9.17) is 9.47 Å². The van der Waals surface area contributed by atoms with Crippen molar-refractivity contribution in [1.29, 1.82) is 0 Å². The molecule has 0 radical (unpaired) electrons. The average molecular weight is 222 g/mol. The number of para-hydroxylation sites is 1. The van der Waals surface area contributed by atoms with Crippen LogP contribution in [0.3, 0.4) is 0 Å². The molecule has 0 aliphatic heterocycles. The molecular formula is C12H14O4. The van der Waals surface area contributed by atoms with Crippen LogP contribution in [0.15, 0.2) is 18.2 Å². The number of aryl methyl sites for hydroxylation is 1. The Morgan fingerprint density at radius 3 is 2.81 bits per heavy atom. The minimum atomic E-state index is -0.442. The molecule has 1 aromatic rings. The SMILES string of the molecule is CCOC(=O)COc1c(C)cccc1C=O. The van der Waals surface area contributed by atoms with Crippen molar-refractivity contribution < 1.29 is 19.1 Å². The molecule has 0 atom stereocenters. The van der Waals surface area contributed by atoms with Crippen LogP contribution in [-0.2, 0) is 9.53 Å². The van der Waals surface area contributed by atoms with E-state index in [1.54, 1.807) is 19.1 Å². The third-order valence-corrected chi connectivity index (χ3v) is 2.01. The van der Waals surface area contributed by atoms with Crippen molar-refractivity contribution in [3.63, 3.8) is 0 Å². The van der Waals surface area contributed by atoms with Gasteiger partial charge in [-0.05, 0) is 25.5 Å². The maximum absolute atomic E-state index is 11.1. The van der Waals surface area contributed by atoms with E-state index in [1.807, 2.05) is 13.0 Å². The van der Waals surface area contributed by atoms with Crippen LogP contribution in [-0.4, -0.2) is 25.5 Å². The highest BCUT2D eigenvalue weighted by Gasteiger charge is 2.09. The Bertz CT molecular complexity index is 385. The fourth-order valence-corrected chi connectivity index (χ4v) is 1.30. The van der Waals surface area contributed by atoms with Gasteiger partial charge in [0.2, 0.25) is 0 Å². The molecule has 0 N–H and O–H groups in total. The standard InChI is InChI=1S/C12H14O4/c1-3-15-11(14)8-16-12-9(2)5-4-6-10(12)7-13/h4-7H,3,8H2,1-2H3. The molecule has 0 spiro atoms. The van der Waals surface area contributed by atoms with Crippen molar-refractivity contribution in [2.24, 2.45) is 0 Å². The number of carbonyl (C=O) groups is 2. The van der Waals surface area contributed by atoms with Crippen LogP contribution in [0.4, 0.5) is 0 Å². The maximum atomic E-state index is 11.1. The normalized spacial score (nSPS) is 9.62. The number of benzene rings is 1. The molecule has 4 heteroatoms. The van der Waals surface area contributed by atoms with Gasteiger partial charge in [-0.3, -0.25) is 4.79 Å². The molecule has 0 bridgehead atoms. The highest BCUT2D eigenvalue weighted by atomic mass is 16.6. The fraction of sp³-hybridized carbons (Fsp3) is 0.333. The molecule has 0 aliphatic rings. The van der Waals surface area contributed by atoms with Gasteiger partial charge in [-0.25, -0.2) is 4.79 Å². The second-order valence-electron chi connectivity index (χ2n) is 3.20. The predicted octanol–water partition coefficient (Wildman–Crippen LogP) is 1.75. The molecule has 1 aromatic carbocycles. The summed E-state index contributed by atoms with van der Waals surface area (Å²) >= 11 is 0. The van der Waals surface area contributed by atoms with Gasteiger partial charge in [0.25, 0.3) is 0 Å². The Labute approximate surface area is 94.2 Å². The lowest BCUT2D eigenvalue weighted by Crippen LogP contribution is -2.15. The first-order chi connectivity index (χ1) is 7.69. The lowest BCUT2D eigenvalue weighted by molar-refractivity contribution is -0.145. The van der Waals surface area contributed by atoms with E-state index in [0.29, 0.717) is 24.2 Å². The second kappa shape index (κ2) is 5.90. The van der Waals surface area contributed by atoms with E-state index in [9.17, 15) is 9.59 Å². The zero-order chi connectivity index (χ0) is 12.0. The summed E-state index contributed by atoms with van der Waals surface area (Å²) in [4.78, 5) is 21.8. The molecule has 1 rings (SSSR count). The predicted molar refractivity (Wildman–Crippen MR) is 58.7 cm³/mol. The zero-order valence-corrected chi connectivity index (χ0v) is 9.36. The Kier molecular flexibility index (Phi) is 4.51. The lowest BCUT2D eigenvalue weighted by Gasteiger charge is -2.10. The van der Waals surface area contributed by atoms with E-state index >= 15 is 0 Å². The van der Waals surface area contributed by atoms with E-state index < -0.39 is 5.97 Å². The molecule has 0 aliphatic carbocycles.